The van der Waals surface area contributed by atoms with Gasteiger partial charge in [-0.3, -0.25) is 4.90 Å². The van der Waals surface area contributed by atoms with Crippen molar-refractivity contribution in [1.82, 2.24) is 0 Å². The van der Waals surface area contributed by atoms with Gasteiger partial charge < -0.3 is 0 Å². The van der Waals surface area contributed by atoms with Crippen LogP contribution in [0.4, 0.5) is 5.69 Å². The SMILES string of the molecule is C#CN1C=CCc2ccccc21. The van der Waals surface area contributed by atoms with E-state index in [0.717, 1.165) is 12.1 Å². The highest BCUT2D eigenvalue weighted by molar-refractivity contribution is 5.62. The first-order valence-electron chi connectivity index (χ1n) is 3.92. The van der Waals surface area contributed by atoms with Crippen molar-refractivity contribution in [2.45, 2.75) is 6.42 Å². The summed E-state index contributed by atoms with van der Waals surface area (Å²) >= 11 is 0. The number of allylic oxidation sites excluding steroid dienone is 1. The summed E-state index contributed by atoms with van der Waals surface area (Å²) < 4.78 is 0. The number of anilines is 1. The molecule has 0 radical (unpaired) electrons. The Labute approximate surface area is 72.3 Å². The van der Waals surface area contributed by atoms with Gasteiger partial charge in [0.2, 0.25) is 0 Å². The van der Waals surface area contributed by atoms with E-state index in [1.165, 1.54) is 5.56 Å². The summed E-state index contributed by atoms with van der Waals surface area (Å²) in [6.45, 7) is 0. The first-order valence-corrected chi connectivity index (χ1v) is 3.92. The third kappa shape index (κ3) is 0.981. The largest absolute Gasteiger partial charge is 0.277 e. The molecule has 0 amide bonds. The van der Waals surface area contributed by atoms with Gasteiger partial charge >= 0.3 is 0 Å². The Hall–Kier alpha value is -1.68. The van der Waals surface area contributed by atoms with Gasteiger partial charge in [0.15, 0.2) is 0 Å². The normalized spacial score (nSPS) is 13.8. The highest BCUT2D eigenvalue weighted by Gasteiger charge is 2.08. The van der Waals surface area contributed by atoms with E-state index in [9.17, 15) is 0 Å². The standard InChI is InChI=1S/C11H9N/c1-2-12-9-5-7-10-6-3-4-8-11(10)12/h1,3-6,8-9H,7H2. The zero-order valence-corrected chi connectivity index (χ0v) is 6.70. The minimum absolute atomic E-state index is 0.981. The molecular weight excluding hydrogens is 146 g/mol. The minimum Gasteiger partial charge on any atom is -0.277 e. The number of rotatable bonds is 0. The van der Waals surface area contributed by atoms with Crippen molar-refractivity contribution in [3.05, 3.63) is 42.1 Å². The molecule has 1 aromatic rings. The Morgan fingerprint density at radius 1 is 1.33 bits per heavy atom. The van der Waals surface area contributed by atoms with Crippen LogP contribution in [0.15, 0.2) is 36.5 Å². The lowest BCUT2D eigenvalue weighted by atomic mass is 10.1. The number of para-hydroxylation sites is 1. The second kappa shape index (κ2) is 2.75. The zero-order chi connectivity index (χ0) is 8.39. The van der Waals surface area contributed by atoms with Gasteiger partial charge in [-0.25, -0.2) is 0 Å². The molecule has 1 nitrogen and oxygen atoms in total. The fraction of sp³-hybridized carbons (Fsp3) is 0.0909. The molecule has 0 atom stereocenters. The lowest BCUT2D eigenvalue weighted by Gasteiger charge is -2.19. The second-order valence-corrected chi connectivity index (χ2v) is 2.72. The minimum atomic E-state index is 0.981. The van der Waals surface area contributed by atoms with Gasteiger partial charge in [0, 0.05) is 12.2 Å². The molecule has 1 heterocycles. The maximum absolute atomic E-state index is 5.34. The summed E-state index contributed by atoms with van der Waals surface area (Å²) in [5.41, 5.74) is 2.42. The average molecular weight is 155 g/mol. The summed E-state index contributed by atoms with van der Waals surface area (Å²) in [5, 5.41) is 0. The number of hydrogen-bond acceptors (Lipinski definition) is 1. The van der Waals surface area contributed by atoms with Gasteiger partial charge in [0.25, 0.3) is 0 Å². The smallest absolute Gasteiger partial charge is 0.0573 e. The van der Waals surface area contributed by atoms with Crippen molar-refractivity contribution in [2.75, 3.05) is 4.90 Å². The quantitative estimate of drug-likeness (QED) is 0.519. The van der Waals surface area contributed by atoms with Crippen LogP contribution in [0.3, 0.4) is 0 Å². The summed E-state index contributed by atoms with van der Waals surface area (Å²) in [6.07, 6.45) is 10.3. The Kier molecular flexibility index (Phi) is 1.60. The van der Waals surface area contributed by atoms with E-state index in [1.807, 2.05) is 24.4 Å². The Bertz CT molecular complexity index is 358. The van der Waals surface area contributed by atoms with Crippen molar-refractivity contribution in [3.8, 4) is 12.5 Å². The van der Waals surface area contributed by atoms with E-state index in [-0.39, 0.29) is 0 Å². The van der Waals surface area contributed by atoms with Crippen LogP contribution >= 0.6 is 0 Å². The van der Waals surface area contributed by atoms with Crippen LogP contribution in [0.5, 0.6) is 0 Å². The number of fused-ring (bicyclic) bond motifs is 1. The topological polar surface area (TPSA) is 3.24 Å². The molecule has 0 N–H and O–H groups in total. The zero-order valence-electron chi connectivity index (χ0n) is 6.70. The summed E-state index contributed by atoms with van der Waals surface area (Å²) in [5.74, 6) is 0. The van der Waals surface area contributed by atoms with Gasteiger partial charge in [-0.1, -0.05) is 30.7 Å². The highest BCUT2D eigenvalue weighted by Crippen LogP contribution is 2.24. The van der Waals surface area contributed by atoms with Crippen molar-refractivity contribution in [3.63, 3.8) is 0 Å². The van der Waals surface area contributed by atoms with Gasteiger partial charge in [0.1, 0.15) is 0 Å². The van der Waals surface area contributed by atoms with E-state index in [4.69, 9.17) is 6.42 Å². The second-order valence-electron chi connectivity index (χ2n) is 2.72. The lowest BCUT2D eigenvalue weighted by molar-refractivity contribution is 1.15. The maximum Gasteiger partial charge on any atom is 0.0573 e. The molecule has 0 unspecified atom stereocenters. The average Bonchev–Trinajstić information content (AvgIpc) is 2.17. The first-order chi connectivity index (χ1) is 5.92. The highest BCUT2D eigenvalue weighted by atomic mass is 15.1. The third-order valence-electron chi connectivity index (χ3n) is 1.98. The number of hydrogen-bond donors (Lipinski definition) is 0. The van der Waals surface area contributed by atoms with Crippen molar-refractivity contribution >= 4 is 5.69 Å². The molecule has 0 saturated carbocycles. The van der Waals surface area contributed by atoms with Gasteiger partial charge in [-0.2, -0.15) is 0 Å². The summed E-state index contributed by atoms with van der Waals surface area (Å²) in [4.78, 5) is 1.80. The fourth-order valence-electron chi connectivity index (χ4n) is 1.40. The Morgan fingerprint density at radius 2 is 2.17 bits per heavy atom. The van der Waals surface area contributed by atoms with Crippen molar-refractivity contribution in [2.24, 2.45) is 0 Å². The Balaban J connectivity index is 2.51. The number of nitrogens with zero attached hydrogens (tertiary/aromatic N) is 1. The molecule has 12 heavy (non-hydrogen) atoms. The van der Waals surface area contributed by atoms with Gasteiger partial charge in [-0.05, 0) is 18.1 Å². The predicted molar refractivity (Wildman–Crippen MR) is 50.6 cm³/mol. The van der Waals surface area contributed by atoms with Crippen molar-refractivity contribution < 1.29 is 0 Å². The predicted octanol–water partition coefficient (Wildman–Crippen LogP) is 2.15. The number of benzene rings is 1. The van der Waals surface area contributed by atoms with Crippen LogP contribution < -0.4 is 4.90 Å². The summed E-state index contributed by atoms with van der Waals surface area (Å²) in [6, 6.07) is 10.8. The summed E-state index contributed by atoms with van der Waals surface area (Å²) in [7, 11) is 0. The van der Waals surface area contributed by atoms with Crippen LogP contribution in [0.2, 0.25) is 0 Å². The van der Waals surface area contributed by atoms with Gasteiger partial charge in [-0.15, -0.1) is 0 Å². The van der Waals surface area contributed by atoms with E-state index >= 15 is 0 Å². The van der Waals surface area contributed by atoms with E-state index in [2.05, 4.69) is 18.2 Å². The number of terminal acetylenes is 1. The molecular formula is C11H9N. The van der Waals surface area contributed by atoms with Gasteiger partial charge in [0.05, 0.1) is 5.69 Å². The van der Waals surface area contributed by atoms with Crippen molar-refractivity contribution in [1.29, 1.82) is 0 Å². The van der Waals surface area contributed by atoms with Crippen LogP contribution in [0.1, 0.15) is 5.56 Å². The molecule has 1 aliphatic rings. The van der Waals surface area contributed by atoms with E-state index in [1.54, 1.807) is 4.90 Å². The fourth-order valence-corrected chi connectivity index (χ4v) is 1.40. The molecule has 0 aliphatic carbocycles. The molecule has 0 bridgehead atoms. The van der Waals surface area contributed by atoms with Crippen LogP contribution in [-0.4, -0.2) is 0 Å². The van der Waals surface area contributed by atoms with E-state index in [0.29, 0.717) is 0 Å². The van der Waals surface area contributed by atoms with E-state index < -0.39 is 0 Å². The van der Waals surface area contributed by atoms with Crippen LogP contribution in [0, 0.1) is 12.5 Å². The molecule has 1 aromatic carbocycles. The third-order valence-corrected chi connectivity index (χ3v) is 1.98. The lowest BCUT2D eigenvalue weighted by Crippen LogP contribution is -2.12. The first kappa shape index (κ1) is 7.00. The molecule has 0 fully saturated rings. The molecule has 1 aliphatic heterocycles. The maximum atomic E-state index is 5.34. The van der Waals surface area contributed by atoms with Crippen LogP contribution in [0.25, 0.3) is 0 Å². The molecule has 0 saturated heterocycles. The molecule has 2 rings (SSSR count). The molecule has 0 spiro atoms. The Morgan fingerprint density at radius 3 is 3.00 bits per heavy atom. The molecule has 58 valence electrons. The molecule has 0 aromatic heterocycles. The monoisotopic (exact) mass is 155 g/mol. The molecule has 1 heteroatoms. The van der Waals surface area contributed by atoms with Crippen LogP contribution in [-0.2, 0) is 6.42 Å².